The molecule has 3 rings (SSSR count). The van der Waals surface area contributed by atoms with Gasteiger partial charge in [0, 0.05) is 31.4 Å². The molecule has 0 bridgehead atoms. The first kappa shape index (κ1) is 17.8. The van der Waals surface area contributed by atoms with Crippen LogP contribution in [0.2, 0.25) is 0 Å². The maximum Gasteiger partial charge on any atom is 0.251 e. The Morgan fingerprint density at radius 1 is 1.12 bits per heavy atom. The number of amides is 2. The summed E-state index contributed by atoms with van der Waals surface area (Å²) in [6.07, 6.45) is 4.14. The third kappa shape index (κ3) is 4.78. The zero-order valence-electron chi connectivity index (χ0n) is 14.4. The molecule has 1 saturated heterocycles. The van der Waals surface area contributed by atoms with Gasteiger partial charge in [-0.25, -0.2) is 9.37 Å². The van der Waals surface area contributed by atoms with E-state index in [1.54, 1.807) is 6.20 Å². The minimum atomic E-state index is -0.494. The number of anilines is 1. The minimum absolute atomic E-state index is 0.172. The molecule has 0 unspecified atom stereocenters. The van der Waals surface area contributed by atoms with Crippen molar-refractivity contribution in [1.29, 1.82) is 0 Å². The molecule has 1 aliphatic rings. The van der Waals surface area contributed by atoms with Gasteiger partial charge in [0.15, 0.2) is 0 Å². The van der Waals surface area contributed by atoms with Gasteiger partial charge in [-0.05, 0) is 42.7 Å². The second-order valence-corrected chi connectivity index (χ2v) is 6.19. The molecule has 0 aliphatic carbocycles. The summed E-state index contributed by atoms with van der Waals surface area (Å²) in [5.41, 5.74) is 1.07. The third-order valence-electron chi connectivity index (χ3n) is 4.23. The van der Waals surface area contributed by atoms with Crippen molar-refractivity contribution in [3.8, 4) is 0 Å². The van der Waals surface area contributed by atoms with Crippen molar-refractivity contribution in [3.63, 3.8) is 0 Å². The average Bonchev–Trinajstić information content (AvgIpc) is 3.19. The molecule has 1 fully saturated rings. The van der Waals surface area contributed by atoms with Gasteiger partial charge in [-0.15, -0.1) is 0 Å². The van der Waals surface area contributed by atoms with E-state index in [2.05, 4.69) is 20.5 Å². The second kappa shape index (κ2) is 8.42. The van der Waals surface area contributed by atoms with Crippen LogP contribution in [0, 0.1) is 5.82 Å². The summed E-state index contributed by atoms with van der Waals surface area (Å²) in [6.45, 7) is 2.23. The van der Waals surface area contributed by atoms with E-state index in [9.17, 15) is 14.0 Å². The van der Waals surface area contributed by atoms with E-state index in [-0.39, 0.29) is 18.0 Å². The third-order valence-corrected chi connectivity index (χ3v) is 4.23. The lowest BCUT2D eigenvalue weighted by atomic mass is 10.2. The molecule has 0 atom stereocenters. The highest BCUT2D eigenvalue weighted by Crippen LogP contribution is 2.17. The van der Waals surface area contributed by atoms with Crippen LogP contribution in [-0.2, 0) is 11.3 Å². The van der Waals surface area contributed by atoms with Crippen LogP contribution in [0.3, 0.4) is 0 Å². The van der Waals surface area contributed by atoms with E-state index in [0.29, 0.717) is 6.54 Å². The minimum Gasteiger partial charge on any atom is -0.357 e. The fraction of sp³-hybridized carbons (Fsp3) is 0.316. The van der Waals surface area contributed by atoms with Crippen LogP contribution < -0.4 is 15.5 Å². The normalized spacial score (nSPS) is 13.5. The summed E-state index contributed by atoms with van der Waals surface area (Å²) in [6, 6.07) is 9.21. The van der Waals surface area contributed by atoms with E-state index in [1.165, 1.54) is 31.0 Å². The zero-order chi connectivity index (χ0) is 18.4. The number of benzene rings is 1. The number of hydrogen-bond donors (Lipinski definition) is 2. The average molecular weight is 356 g/mol. The Morgan fingerprint density at radius 2 is 1.92 bits per heavy atom. The van der Waals surface area contributed by atoms with E-state index >= 15 is 0 Å². The largest absolute Gasteiger partial charge is 0.357 e. The Kier molecular flexibility index (Phi) is 5.78. The molecule has 136 valence electrons. The van der Waals surface area contributed by atoms with Gasteiger partial charge in [-0.3, -0.25) is 9.59 Å². The molecule has 0 saturated carbocycles. The topological polar surface area (TPSA) is 74.3 Å². The second-order valence-electron chi connectivity index (χ2n) is 6.19. The van der Waals surface area contributed by atoms with E-state index < -0.39 is 11.7 Å². The van der Waals surface area contributed by atoms with Crippen LogP contribution in [0.15, 0.2) is 42.6 Å². The summed E-state index contributed by atoms with van der Waals surface area (Å²) in [5.74, 6) is -0.346. The van der Waals surface area contributed by atoms with Gasteiger partial charge in [0.2, 0.25) is 5.91 Å². The highest BCUT2D eigenvalue weighted by Gasteiger charge is 2.13. The Balaban J connectivity index is 1.43. The molecule has 26 heavy (non-hydrogen) atoms. The number of nitrogens with one attached hydrogen (secondary N) is 2. The van der Waals surface area contributed by atoms with Crippen molar-refractivity contribution < 1.29 is 14.0 Å². The molecule has 1 aromatic heterocycles. The lowest BCUT2D eigenvalue weighted by Gasteiger charge is -2.16. The zero-order valence-corrected chi connectivity index (χ0v) is 14.4. The van der Waals surface area contributed by atoms with Gasteiger partial charge in [-0.2, -0.15) is 0 Å². The first-order valence-electron chi connectivity index (χ1n) is 8.62. The molecule has 7 heteroatoms. The van der Waals surface area contributed by atoms with Gasteiger partial charge in [-0.1, -0.05) is 12.1 Å². The number of rotatable bonds is 6. The highest BCUT2D eigenvalue weighted by atomic mass is 19.1. The van der Waals surface area contributed by atoms with E-state index in [4.69, 9.17) is 0 Å². The van der Waals surface area contributed by atoms with Crippen molar-refractivity contribution in [3.05, 3.63) is 59.5 Å². The smallest absolute Gasteiger partial charge is 0.251 e. The number of carbonyl (C=O) groups excluding carboxylic acids is 2. The van der Waals surface area contributed by atoms with Crippen molar-refractivity contribution in [2.75, 3.05) is 24.5 Å². The van der Waals surface area contributed by atoms with Crippen LogP contribution >= 0.6 is 0 Å². The fourth-order valence-corrected chi connectivity index (χ4v) is 2.81. The Bertz CT molecular complexity index is 773. The van der Waals surface area contributed by atoms with Gasteiger partial charge < -0.3 is 15.5 Å². The lowest BCUT2D eigenvalue weighted by Crippen LogP contribution is -2.36. The molecule has 2 heterocycles. The first-order valence-corrected chi connectivity index (χ1v) is 8.62. The van der Waals surface area contributed by atoms with Crippen LogP contribution in [0.25, 0.3) is 0 Å². The predicted molar refractivity (Wildman–Crippen MR) is 96.3 cm³/mol. The molecule has 0 spiro atoms. The molecule has 2 N–H and O–H groups in total. The monoisotopic (exact) mass is 356 g/mol. The molecular weight excluding hydrogens is 335 g/mol. The predicted octanol–water partition coefficient (Wildman–Crippen LogP) is 1.87. The van der Waals surface area contributed by atoms with Gasteiger partial charge in [0.25, 0.3) is 5.91 Å². The number of carbonyl (C=O) groups is 2. The molecule has 2 amide bonds. The van der Waals surface area contributed by atoms with E-state index in [0.717, 1.165) is 30.5 Å². The van der Waals surface area contributed by atoms with Crippen LogP contribution in [0.5, 0.6) is 0 Å². The van der Waals surface area contributed by atoms with Crippen molar-refractivity contribution >= 4 is 17.6 Å². The summed E-state index contributed by atoms with van der Waals surface area (Å²) >= 11 is 0. The van der Waals surface area contributed by atoms with Gasteiger partial charge in [0.05, 0.1) is 6.54 Å². The van der Waals surface area contributed by atoms with Crippen molar-refractivity contribution in [2.24, 2.45) is 0 Å². The first-order chi connectivity index (χ1) is 12.6. The van der Waals surface area contributed by atoms with Crippen molar-refractivity contribution in [2.45, 2.75) is 19.4 Å². The Morgan fingerprint density at radius 3 is 2.62 bits per heavy atom. The fourth-order valence-electron chi connectivity index (χ4n) is 2.81. The summed E-state index contributed by atoms with van der Waals surface area (Å²) < 4.78 is 13.1. The maximum absolute atomic E-state index is 13.1. The number of halogens is 1. The number of aromatic nitrogens is 1. The number of nitrogens with zero attached hydrogens (tertiary/aromatic N) is 2. The number of pyridine rings is 1. The molecule has 0 radical (unpaired) electrons. The van der Waals surface area contributed by atoms with Gasteiger partial charge in [0.1, 0.15) is 11.6 Å². The molecular formula is C19H21FN4O2. The number of hydrogen-bond acceptors (Lipinski definition) is 4. The van der Waals surface area contributed by atoms with Gasteiger partial charge >= 0.3 is 0 Å². The Labute approximate surface area is 151 Å². The molecule has 6 nitrogen and oxygen atoms in total. The van der Waals surface area contributed by atoms with E-state index in [1.807, 2.05) is 12.1 Å². The SMILES string of the molecule is O=C(CNC(=O)c1cccc(F)c1)NCc1ccc(N2CCCC2)nc1. The summed E-state index contributed by atoms with van der Waals surface area (Å²) in [7, 11) is 0. The summed E-state index contributed by atoms with van der Waals surface area (Å²) in [4.78, 5) is 30.4. The van der Waals surface area contributed by atoms with Crippen LogP contribution in [0.1, 0.15) is 28.8 Å². The molecule has 1 aliphatic heterocycles. The molecule has 1 aromatic carbocycles. The highest BCUT2D eigenvalue weighted by molar-refractivity contribution is 5.96. The lowest BCUT2D eigenvalue weighted by molar-refractivity contribution is -0.120. The standard InChI is InChI=1S/C19H21FN4O2/c20-16-5-3-4-15(10-16)19(26)23-13-18(25)22-12-14-6-7-17(21-11-14)24-8-1-2-9-24/h3-7,10-11H,1-2,8-9,12-13H2,(H,22,25)(H,23,26). The van der Waals surface area contributed by atoms with Crippen molar-refractivity contribution in [1.82, 2.24) is 15.6 Å². The quantitative estimate of drug-likeness (QED) is 0.829. The Hall–Kier alpha value is -2.96. The summed E-state index contributed by atoms with van der Waals surface area (Å²) in [5, 5.41) is 5.19. The van der Waals surface area contributed by atoms with Crippen LogP contribution in [-0.4, -0.2) is 36.4 Å². The maximum atomic E-state index is 13.1. The molecule has 2 aromatic rings. The van der Waals surface area contributed by atoms with Crippen LogP contribution in [0.4, 0.5) is 10.2 Å².